The third kappa shape index (κ3) is 4.30. The average Bonchev–Trinajstić information content (AvgIpc) is 2.39. The molecule has 1 unspecified atom stereocenters. The molecule has 1 aliphatic carbocycles. The van der Waals surface area contributed by atoms with Gasteiger partial charge in [0.05, 0.1) is 5.60 Å². The molecule has 0 aromatic carbocycles. The molecule has 2 heteroatoms. The fourth-order valence-electron chi connectivity index (χ4n) is 3.17. The van der Waals surface area contributed by atoms with Crippen molar-refractivity contribution in [3.05, 3.63) is 0 Å². The Morgan fingerprint density at radius 2 is 1.94 bits per heavy atom. The predicted octanol–water partition coefficient (Wildman–Crippen LogP) is 3.51. The minimum Gasteiger partial charge on any atom is -0.374 e. The van der Waals surface area contributed by atoms with Crippen LogP contribution in [-0.4, -0.2) is 24.8 Å². The fourth-order valence-corrected chi connectivity index (χ4v) is 3.17. The van der Waals surface area contributed by atoms with Crippen molar-refractivity contribution in [2.75, 3.05) is 13.2 Å². The van der Waals surface area contributed by atoms with Crippen LogP contribution in [0.4, 0.5) is 0 Å². The minimum absolute atomic E-state index is 0.0679. The van der Waals surface area contributed by atoms with Crippen LogP contribution in [0.2, 0.25) is 0 Å². The molecule has 0 aromatic rings. The van der Waals surface area contributed by atoms with E-state index < -0.39 is 0 Å². The molecular weight excluding hydrogens is 222 g/mol. The minimum atomic E-state index is 0.0679. The van der Waals surface area contributed by atoms with E-state index in [1.165, 1.54) is 32.1 Å². The number of hydrogen-bond donors (Lipinski definition) is 1. The Bertz CT molecular complexity index is 265. The van der Waals surface area contributed by atoms with Gasteiger partial charge in [-0.05, 0) is 39.7 Å². The first-order valence-corrected chi connectivity index (χ1v) is 7.56. The molecule has 1 rings (SSSR count). The average molecular weight is 251 g/mol. The van der Waals surface area contributed by atoms with Crippen molar-refractivity contribution in [3.63, 3.8) is 0 Å². The molecule has 1 atom stereocenters. The van der Waals surface area contributed by atoms with Gasteiger partial charge >= 0.3 is 0 Å². The number of rotatable bonds is 7. The summed E-state index contributed by atoms with van der Waals surface area (Å²) in [6.45, 7) is 8.05. The summed E-state index contributed by atoms with van der Waals surface area (Å²) in [4.78, 5) is 0. The maximum Gasteiger partial charge on any atom is 0.0834 e. The molecule has 1 saturated carbocycles. The first-order valence-electron chi connectivity index (χ1n) is 7.56. The molecule has 0 heterocycles. The Morgan fingerprint density at radius 3 is 2.50 bits per heavy atom. The van der Waals surface area contributed by atoms with Crippen molar-refractivity contribution in [3.8, 4) is 11.8 Å². The lowest BCUT2D eigenvalue weighted by molar-refractivity contribution is -0.0909. The summed E-state index contributed by atoms with van der Waals surface area (Å²) in [6, 6.07) is 0.462. The smallest absolute Gasteiger partial charge is 0.0834 e. The van der Waals surface area contributed by atoms with Crippen LogP contribution < -0.4 is 5.32 Å². The Balaban J connectivity index is 2.70. The first-order chi connectivity index (χ1) is 8.79. The van der Waals surface area contributed by atoms with Crippen LogP contribution in [0.1, 0.15) is 65.7 Å². The van der Waals surface area contributed by atoms with Crippen LogP contribution in [0, 0.1) is 11.8 Å². The molecule has 0 spiro atoms. The van der Waals surface area contributed by atoms with Gasteiger partial charge in [-0.15, -0.1) is 11.8 Å². The van der Waals surface area contributed by atoms with Gasteiger partial charge in [0.1, 0.15) is 0 Å². The third-order valence-corrected chi connectivity index (χ3v) is 3.95. The monoisotopic (exact) mass is 251 g/mol. The van der Waals surface area contributed by atoms with Crippen molar-refractivity contribution < 1.29 is 4.74 Å². The van der Waals surface area contributed by atoms with E-state index in [1.807, 2.05) is 6.92 Å². The van der Waals surface area contributed by atoms with Gasteiger partial charge in [0, 0.05) is 19.1 Å². The first kappa shape index (κ1) is 15.5. The van der Waals surface area contributed by atoms with E-state index in [-0.39, 0.29) is 5.60 Å². The largest absolute Gasteiger partial charge is 0.374 e. The second-order valence-corrected chi connectivity index (χ2v) is 5.13. The maximum absolute atomic E-state index is 6.21. The molecule has 0 amide bonds. The van der Waals surface area contributed by atoms with E-state index in [4.69, 9.17) is 4.74 Å². The summed E-state index contributed by atoms with van der Waals surface area (Å²) in [5, 5.41) is 3.64. The number of hydrogen-bond acceptors (Lipinski definition) is 2. The van der Waals surface area contributed by atoms with Gasteiger partial charge in [-0.2, -0.15) is 0 Å². The molecule has 0 bridgehead atoms. The van der Waals surface area contributed by atoms with E-state index in [9.17, 15) is 0 Å². The van der Waals surface area contributed by atoms with Gasteiger partial charge < -0.3 is 10.1 Å². The second-order valence-electron chi connectivity index (χ2n) is 5.13. The molecule has 18 heavy (non-hydrogen) atoms. The Labute approximate surface area is 113 Å². The highest BCUT2D eigenvalue weighted by Gasteiger charge is 2.39. The van der Waals surface area contributed by atoms with Crippen LogP contribution in [0.25, 0.3) is 0 Å². The van der Waals surface area contributed by atoms with Crippen molar-refractivity contribution >= 4 is 0 Å². The van der Waals surface area contributed by atoms with Gasteiger partial charge in [-0.3, -0.25) is 0 Å². The molecule has 0 saturated heterocycles. The normalized spacial score (nSPS) is 19.9. The molecule has 1 N–H and O–H groups in total. The fraction of sp³-hybridized carbons (Fsp3) is 0.875. The summed E-state index contributed by atoms with van der Waals surface area (Å²) < 4.78 is 6.21. The molecular formula is C16H29NO. The van der Waals surface area contributed by atoms with Crippen molar-refractivity contribution in [1.29, 1.82) is 0 Å². The summed E-state index contributed by atoms with van der Waals surface area (Å²) >= 11 is 0. The molecule has 0 aliphatic heterocycles. The summed E-state index contributed by atoms with van der Waals surface area (Å²) in [5.41, 5.74) is 0.0679. The Hall–Kier alpha value is -0.520. The Kier molecular flexibility index (Phi) is 7.39. The molecule has 0 radical (unpaired) electrons. The van der Waals surface area contributed by atoms with Gasteiger partial charge in [-0.1, -0.05) is 26.2 Å². The van der Waals surface area contributed by atoms with E-state index in [2.05, 4.69) is 31.0 Å². The quantitative estimate of drug-likeness (QED) is 0.699. The molecule has 1 fully saturated rings. The predicted molar refractivity (Wildman–Crippen MR) is 77.6 cm³/mol. The zero-order valence-electron chi connectivity index (χ0n) is 12.3. The molecule has 0 aromatic heterocycles. The highest BCUT2D eigenvalue weighted by Crippen LogP contribution is 2.36. The highest BCUT2D eigenvalue weighted by molar-refractivity contribution is 5.00. The van der Waals surface area contributed by atoms with Crippen LogP contribution >= 0.6 is 0 Å². The summed E-state index contributed by atoms with van der Waals surface area (Å²) in [7, 11) is 0. The zero-order chi connectivity index (χ0) is 13.3. The Morgan fingerprint density at radius 1 is 1.22 bits per heavy atom. The SMILES string of the molecule is CC#CCCC(NCC)C1(OCC)CCCCC1. The van der Waals surface area contributed by atoms with E-state index in [1.54, 1.807) is 0 Å². The lowest BCUT2D eigenvalue weighted by Gasteiger charge is -2.43. The lowest BCUT2D eigenvalue weighted by Crippen LogP contribution is -2.53. The van der Waals surface area contributed by atoms with E-state index >= 15 is 0 Å². The lowest BCUT2D eigenvalue weighted by atomic mass is 9.77. The summed E-state index contributed by atoms with van der Waals surface area (Å²) in [6.07, 6.45) is 8.47. The maximum atomic E-state index is 6.21. The van der Waals surface area contributed by atoms with Gasteiger partial charge in [0.15, 0.2) is 0 Å². The van der Waals surface area contributed by atoms with Gasteiger partial charge in [0.2, 0.25) is 0 Å². The van der Waals surface area contributed by atoms with E-state index in [0.717, 1.165) is 26.0 Å². The number of nitrogens with one attached hydrogen (secondary N) is 1. The van der Waals surface area contributed by atoms with Gasteiger partial charge in [0.25, 0.3) is 0 Å². The zero-order valence-corrected chi connectivity index (χ0v) is 12.3. The van der Waals surface area contributed by atoms with Gasteiger partial charge in [-0.25, -0.2) is 0 Å². The van der Waals surface area contributed by atoms with Crippen LogP contribution in [0.3, 0.4) is 0 Å². The molecule has 2 nitrogen and oxygen atoms in total. The number of likely N-dealkylation sites (N-methyl/N-ethyl adjacent to an activating group) is 1. The standard InChI is InChI=1S/C16H29NO/c1-4-7-9-12-15(17-5-2)16(18-6-3)13-10-8-11-14-16/h15,17H,5-6,8-14H2,1-3H3. The van der Waals surface area contributed by atoms with Crippen LogP contribution in [0.15, 0.2) is 0 Å². The molecule has 104 valence electrons. The van der Waals surface area contributed by atoms with Crippen molar-refractivity contribution in [1.82, 2.24) is 5.32 Å². The van der Waals surface area contributed by atoms with Crippen molar-refractivity contribution in [2.24, 2.45) is 0 Å². The number of ether oxygens (including phenoxy) is 1. The topological polar surface area (TPSA) is 21.3 Å². The second kappa shape index (κ2) is 8.56. The summed E-state index contributed by atoms with van der Waals surface area (Å²) in [5.74, 6) is 6.18. The van der Waals surface area contributed by atoms with E-state index in [0.29, 0.717) is 6.04 Å². The molecule has 1 aliphatic rings. The third-order valence-electron chi connectivity index (χ3n) is 3.95. The van der Waals surface area contributed by atoms with Crippen LogP contribution in [-0.2, 0) is 4.74 Å². The van der Waals surface area contributed by atoms with Crippen molar-refractivity contribution in [2.45, 2.75) is 77.4 Å². The highest BCUT2D eigenvalue weighted by atomic mass is 16.5. The van der Waals surface area contributed by atoms with Crippen LogP contribution in [0.5, 0.6) is 0 Å².